The Labute approximate surface area is 166 Å². The Hall–Kier alpha value is -0.870. The van der Waals surface area contributed by atoms with Crippen LogP contribution in [0.4, 0.5) is 0 Å². The van der Waals surface area contributed by atoms with Gasteiger partial charge >= 0.3 is 5.97 Å². The van der Waals surface area contributed by atoms with Crippen LogP contribution in [0.3, 0.4) is 0 Å². The fourth-order valence-corrected chi connectivity index (χ4v) is 5.86. The van der Waals surface area contributed by atoms with Gasteiger partial charge in [0.2, 0.25) is 0 Å². The van der Waals surface area contributed by atoms with Crippen LogP contribution < -0.4 is 5.32 Å². The molecule has 4 nitrogen and oxygen atoms in total. The van der Waals surface area contributed by atoms with E-state index in [4.69, 9.17) is 4.74 Å². The highest BCUT2D eigenvalue weighted by molar-refractivity contribution is 5.76. The second-order valence-electron chi connectivity index (χ2n) is 9.97. The quantitative estimate of drug-likeness (QED) is 0.414. The van der Waals surface area contributed by atoms with Crippen molar-refractivity contribution < 1.29 is 9.53 Å². The second-order valence-corrected chi connectivity index (χ2v) is 9.97. The summed E-state index contributed by atoms with van der Waals surface area (Å²) in [6.45, 7) is 16.4. The maximum absolute atomic E-state index is 12.6. The van der Waals surface area contributed by atoms with Gasteiger partial charge in [0.05, 0.1) is 5.92 Å². The van der Waals surface area contributed by atoms with Crippen molar-refractivity contribution in [2.75, 3.05) is 19.6 Å². The first-order valence-corrected chi connectivity index (χ1v) is 11.1. The van der Waals surface area contributed by atoms with E-state index in [1.807, 2.05) is 0 Å². The minimum absolute atomic E-state index is 0.00817. The molecule has 1 heterocycles. The zero-order valence-corrected chi connectivity index (χ0v) is 18.3. The maximum atomic E-state index is 12.6. The van der Waals surface area contributed by atoms with Gasteiger partial charge in [-0.3, -0.25) is 9.69 Å². The lowest BCUT2D eigenvalue weighted by molar-refractivity contribution is -0.145. The van der Waals surface area contributed by atoms with Gasteiger partial charge < -0.3 is 10.1 Å². The third-order valence-electron chi connectivity index (χ3n) is 7.32. The van der Waals surface area contributed by atoms with E-state index < -0.39 is 0 Å². The minimum Gasteiger partial charge on any atom is -0.461 e. The van der Waals surface area contributed by atoms with Gasteiger partial charge in [0.1, 0.15) is 6.10 Å². The summed E-state index contributed by atoms with van der Waals surface area (Å²) in [4.78, 5) is 15.1. The van der Waals surface area contributed by atoms with Crippen molar-refractivity contribution in [2.24, 2.45) is 23.2 Å². The number of carbonyl (C=O) groups excluding carboxylic acids is 1. The van der Waals surface area contributed by atoms with Gasteiger partial charge in [0.15, 0.2) is 0 Å². The first-order chi connectivity index (χ1) is 12.7. The average molecular weight is 377 g/mol. The molecule has 0 aromatic rings. The first-order valence-electron chi connectivity index (χ1n) is 11.1. The molecule has 0 spiro atoms. The number of fused-ring (bicyclic) bond motifs is 2. The molecular weight excluding hydrogens is 336 g/mol. The van der Waals surface area contributed by atoms with Crippen LogP contribution in [0, 0.1) is 23.2 Å². The minimum atomic E-state index is -0.0206. The van der Waals surface area contributed by atoms with Gasteiger partial charge in [-0.2, -0.15) is 0 Å². The summed E-state index contributed by atoms with van der Waals surface area (Å²) < 4.78 is 5.85. The van der Waals surface area contributed by atoms with Gasteiger partial charge in [0.25, 0.3) is 0 Å². The van der Waals surface area contributed by atoms with Crippen LogP contribution in [-0.2, 0) is 9.53 Å². The van der Waals surface area contributed by atoms with Crippen molar-refractivity contribution >= 4 is 5.97 Å². The van der Waals surface area contributed by atoms with Crippen LogP contribution in [0.15, 0.2) is 11.6 Å². The van der Waals surface area contributed by atoms with Gasteiger partial charge in [-0.15, -0.1) is 0 Å². The molecule has 2 fully saturated rings. The fourth-order valence-electron chi connectivity index (χ4n) is 5.86. The second kappa shape index (κ2) is 8.24. The number of hydrogen-bond donors (Lipinski definition) is 1. The molecule has 1 saturated carbocycles. The van der Waals surface area contributed by atoms with Crippen LogP contribution in [0.1, 0.15) is 67.2 Å². The molecule has 0 amide bonds. The van der Waals surface area contributed by atoms with E-state index >= 15 is 0 Å². The molecule has 2 aliphatic carbocycles. The van der Waals surface area contributed by atoms with E-state index in [1.165, 1.54) is 19.3 Å². The lowest BCUT2D eigenvalue weighted by Crippen LogP contribution is -2.43. The molecule has 0 unspecified atom stereocenters. The van der Waals surface area contributed by atoms with Crippen molar-refractivity contribution in [3.8, 4) is 0 Å². The van der Waals surface area contributed by atoms with Gasteiger partial charge in [-0.25, -0.2) is 0 Å². The highest BCUT2D eigenvalue weighted by atomic mass is 16.6. The lowest BCUT2D eigenvalue weighted by Gasteiger charge is -2.46. The van der Waals surface area contributed by atoms with E-state index in [-0.39, 0.29) is 29.3 Å². The first kappa shape index (κ1) is 20.9. The maximum Gasteiger partial charge on any atom is 0.311 e. The Balaban J connectivity index is 1.61. The summed E-state index contributed by atoms with van der Waals surface area (Å²) in [5.74, 6) is 0.904. The molecule has 1 aliphatic heterocycles. The molecule has 27 heavy (non-hydrogen) atoms. The van der Waals surface area contributed by atoms with Crippen LogP contribution in [0.2, 0.25) is 0 Å². The fraction of sp³-hybridized carbons (Fsp3) is 0.870. The summed E-state index contributed by atoms with van der Waals surface area (Å²) in [6, 6.07) is 1.09. The van der Waals surface area contributed by atoms with Crippen LogP contribution in [0.25, 0.3) is 0 Å². The van der Waals surface area contributed by atoms with Crippen molar-refractivity contribution in [3.63, 3.8) is 0 Å². The molecule has 0 aromatic carbocycles. The van der Waals surface area contributed by atoms with E-state index in [2.05, 4.69) is 57.8 Å². The molecule has 3 rings (SSSR count). The summed E-state index contributed by atoms with van der Waals surface area (Å²) in [5.41, 5.74) is 1.85. The van der Waals surface area contributed by atoms with Gasteiger partial charge in [0, 0.05) is 37.6 Å². The predicted octanol–water partition coefficient (Wildman–Crippen LogP) is 4.01. The summed E-state index contributed by atoms with van der Waals surface area (Å²) in [5, 5.41) is 3.55. The SMILES string of the molecule is CC(C)N(CCNC[C@@H]1C(=O)O[C@@H]2C[C@@]3(C)CCC[C@H](C)C3=C[C@H]12)C(C)C. The van der Waals surface area contributed by atoms with Crippen LogP contribution in [0.5, 0.6) is 0 Å². The molecule has 1 saturated heterocycles. The topological polar surface area (TPSA) is 41.6 Å². The lowest BCUT2D eigenvalue weighted by atomic mass is 9.59. The summed E-state index contributed by atoms with van der Waals surface area (Å²) in [7, 11) is 0. The number of ether oxygens (including phenoxy) is 1. The van der Waals surface area contributed by atoms with Gasteiger partial charge in [-0.1, -0.05) is 31.9 Å². The van der Waals surface area contributed by atoms with E-state index in [9.17, 15) is 4.79 Å². The zero-order valence-electron chi connectivity index (χ0n) is 18.3. The molecule has 0 aromatic heterocycles. The standard InChI is InChI=1S/C23H40N2O2/c1-15(2)25(16(3)4)11-10-24-14-19-18-12-20-17(5)8-7-9-23(20,6)13-21(18)27-22(19)26/h12,15-19,21,24H,7-11,13-14H2,1-6H3/t17-,18+,19-,21+,23+/m0/s1. The normalized spacial score (nSPS) is 36.0. The Morgan fingerprint density at radius 2 is 2.00 bits per heavy atom. The van der Waals surface area contributed by atoms with Crippen LogP contribution >= 0.6 is 0 Å². The number of hydrogen-bond acceptors (Lipinski definition) is 4. The smallest absolute Gasteiger partial charge is 0.311 e. The van der Waals surface area contributed by atoms with E-state index in [0.717, 1.165) is 26.1 Å². The largest absolute Gasteiger partial charge is 0.461 e. The van der Waals surface area contributed by atoms with Crippen molar-refractivity contribution in [1.29, 1.82) is 0 Å². The number of nitrogens with one attached hydrogen (secondary N) is 1. The third-order valence-corrected chi connectivity index (χ3v) is 7.32. The molecule has 3 aliphatic rings. The van der Waals surface area contributed by atoms with Crippen LogP contribution in [-0.4, -0.2) is 48.7 Å². The zero-order chi connectivity index (χ0) is 19.8. The molecule has 0 bridgehead atoms. The summed E-state index contributed by atoms with van der Waals surface area (Å²) >= 11 is 0. The highest BCUT2D eigenvalue weighted by Crippen LogP contribution is 2.53. The Kier molecular flexibility index (Phi) is 6.37. The Bertz CT molecular complexity index is 563. The number of esters is 1. The number of rotatable bonds is 7. The van der Waals surface area contributed by atoms with Gasteiger partial charge in [-0.05, 0) is 58.3 Å². The Morgan fingerprint density at radius 1 is 1.30 bits per heavy atom. The van der Waals surface area contributed by atoms with E-state index in [1.54, 1.807) is 5.57 Å². The van der Waals surface area contributed by atoms with E-state index in [0.29, 0.717) is 18.0 Å². The molecule has 4 heteroatoms. The highest BCUT2D eigenvalue weighted by Gasteiger charge is 2.51. The molecule has 1 N–H and O–H groups in total. The number of allylic oxidation sites excluding steroid dienone is 1. The summed E-state index contributed by atoms with van der Waals surface area (Å²) in [6.07, 6.45) is 7.39. The van der Waals surface area contributed by atoms with Crippen molar-refractivity contribution in [3.05, 3.63) is 11.6 Å². The number of carbonyl (C=O) groups is 1. The Morgan fingerprint density at radius 3 is 2.67 bits per heavy atom. The molecule has 154 valence electrons. The third kappa shape index (κ3) is 4.27. The molecular formula is C23H40N2O2. The number of nitrogens with zero attached hydrogens (tertiary/aromatic N) is 1. The van der Waals surface area contributed by atoms with Crippen molar-refractivity contribution in [2.45, 2.75) is 85.4 Å². The van der Waals surface area contributed by atoms with Crippen molar-refractivity contribution in [1.82, 2.24) is 10.2 Å². The molecule has 0 radical (unpaired) electrons. The monoisotopic (exact) mass is 376 g/mol. The predicted molar refractivity (Wildman–Crippen MR) is 111 cm³/mol. The average Bonchev–Trinajstić information content (AvgIpc) is 2.86. The molecule has 5 atom stereocenters.